The first kappa shape index (κ1) is 18.1. The summed E-state index contributed by atoms with van der Waals surface area (Å²) < 4.78 is 7.38. The summed E-state index contributed by atoms with van der Waals surface area (Å²) in [4.78, 5) is 0. The molecule has 0 saturated carbocycles. The van der Waals surface area contributed by atoms with E-state index in [0.717, 1.165) is 15.5 Å². The molecular weight excluding hydrogens is 413 g/mol. The van der Waals surface area contributed by atoms with Gasteiger partial charge >= 0.3 is 169 Å². The molecule has 0 aliphatic rings. The third-order valence-electron chi connectivity index (χ3n) is 4.62. The average molecular weight is 432 g/mol. The maximum atomic E-state index is 6.54. The number of hydrogen-bond acceptors (Lipinski definition) is 1. The van der Waals surface area contributed by atoms with Crippen LogP contribution in [0.5, 0.6) is 0 Å². The SMILES string of the molecule is N[As](Cl)c1ccc(-c2ccccc2)c(-c2ccccc2)c1-c1ccccc1. The van der Waals surface area contributed by atoms with Gasteiger partial charge in [-0.2, -0.15) is 0 Å². The Morgan fingerprint density at radius 3 is 1.44 bits per heavy atom. The van der Waals surface area contributed by atoms with Crippen LogP contribution in [0.2, 0.25) is 0 Å². The summed E-state index contributed by atoms with van der Waals surface area (Å²) >= 11 is -2.10. The molecule has 4 aromatic rings. The third kappa shape index (κ3) is 3.73. The molecule has 0 aromatic heterocycles. The van der Waals surface area contributed by atoms with Crippen molar-refractivity contribution in [1.82, 2.24) is 0 Å². The molecule has 0 fully saturated rings. The third-order valence-corrected chi connectivity index (χ3v) is 7.32. The molecule has 0 radical (unpaired) electrons. The summed E-state index contributed by atoms with van der Waals surface area (Å²) in [5, 5.41) is 0. The minimum absolute atomic E-state index is 1.08. The van der Waals surface area contributed by atoms with Gasteiger partial charge in [-0.05, 0) is 0 Å². The van der Waals surface area contributed by atoms with Crippen LogP contribution in [0.15, 0.2) is 103 Å². The summed E-state index contributed by atoms with van der Waals surface area (Å²) in [6.07, 6.45) is 0. The molecule has 0 saturated heterocycles. The second-order valence-electron chi connectivity index (χ2n) is 6.29. The van der Waals surface area contributed by atoms with Gasteiger partial charge < -0.3 is 0 Å². The van der Waals surface area contributed by atoms with Gasteiger partial charge in [0.15, 0.2) is 0 Å². The van der Waals surface area contributed by atoms with Crippen LogP contribution in [-0.4, -0.2) is 13.9 Å². The first-order valence-electron chi connectivity index (χ1n) is 8.79. The predicted octanol–water partition coefficient (Wildman–Crippen LogP) is 5.58. The first-order valence-corrected chi connectivity index (χ1v) is 13.3. The van der Waals surface area contributed by atoms with Crippen LogP contribution in [0.1, 0.15) is 0 Å². The summed E-state index contributed by atoms with van der Waals surface area (Å²) in [7, 11) is 6.54. The van der Waals surface area contributed by atoms with E-state index in [9.17, 15) is 0 Å². The van der Waals surface area contributed by atoms with Gasteiger partial charge in [0.1, 0.15) is 0 Å². The van der Waals surface area contributed by atoms with E-state index in [1.165, 1.54) is 22.3 Å². The van der Waals surface area contributed by atoms with Gasteiger partial charge in [-0.25, -0.2) is 0 Å². The van der Waals surface area contributed by atoms with Gasteiger partial charge in [-0.15, -0.1) is 0 Å². The fourth-order valence-corrected chi connectivity index (χ4v) is 5.57. The van der Waals surface area contributed by atoms with E-state index in [4.69, 9.17) is 14.6 Å². The molecule has 0 heterocycles. The van der Waals surface area contributed by atoms with Crippen LogP contribution in [0.3, 0.4) is 0 Å². The Morgan fingerprint density at radius 2 is 0.963 bits per heavy atom. The van der Waals surface area contributed by atoms with E-state index in [1.54, 1.807) is 0 Å². The molecule has 132 valence electrons. The van der Waals surface area contributed by atoms with Gasteiger partial charge in [-0.1, -0.05) is 0 Å². The van der Waals surface area contributed by atoms with Gasteiger partial charge in [0.05, 0.1) is 0 Å². The van der Waals surface area contributed by atoms with Crippen molar-refractivity contribution in [2.75, 3.05) is 0 Å². The molecule has 0 spiro atoms. The van der Waals surface area contributed by atoms with Crippen LogP contribution in [0.4, 0.5) is 0 Å². The fraction of sp³-hybridized carbons (Fsp3) is 0. The summed E-state index contributed by atoms with van der Waals surface area (Å²) in [5.74, 6) is 0. The number of halogens is 1. The first-order chi connectivity index (χ1) is 13.3. The minimum atomic E-state index is -2.10. The van der Waals surface area contributed by atoms with Crippen LogP contribution in [0, 0.1) is 0 Å². The van der Waals surface area contributed by atoms with Crippen molar-refractivity contribution in [3.05, 3.63) is 103 Å². The molecule has 4 aromatic carbocycles. The quantitative estimate of drug-likeness (QED) is 0.419. The Morgan fingerprint density at radius 1 is 0.519 bits per heavy atom. The fourth-order valence-electron chi connectivity index (χ4n) is 3.43. The van der Waals surface area contributed by atoms with Crippen molar-refractivity contribution in [2.45, 2.75) is 0 Å². The molecule has 4 rings (SSSR count). The summed E-state index contributed by atoms with van der Waals surface area (Å²) in [5.41, 5.74) is 7.04. The molecule has 1 unspecified atom stereocenters. The molecule has 27 heavy (non-hydrogen) atoms. The van der Waals surface area contributed by atoms with E-state index in [2.05, 4.69) is 84.9 Å². The zero-order chi connectivity index (χ0) is 18.6. The number of rotatable bonds is 4. The van der Waals surface area contributed by atoms with Gasteiger partial charge in [0.2, 0.25) is 0 Å². The molecule has 1 atom stereocenters. The molecule has 3 heteroatoms. The van der Waals surface area contributed by atoms with Crippen molar-refractivity contribution in [3.8, 4) is 33.4 Å². The zero-order valence-corrected chi connectivity index (χ0v) is 17.3. The molecule has 0 aliphatic carbocycles. The molecule has 2 N–H and O–H groups in total. The van der Waals surface area contributed by atoms with E-state index in [0.29, 0.717) is 0 Å². The van der Waals surface area contributed by atoms with Crippen LogP contribution in [0.25, 0.3) is 33.4 Å². The average Bonchev–Trinajstić information content (AvgIpc) is 2.74. The molecule has 0 aliphatic heterocycles. The van der Waals surface area contributed by atoms with Crippen molar-refractivity contribution in [3.63, 3.8) is 0 Å². The number of benzene rings is 4. The topological polar surface area (TPSA) is 26.0 Å². The zero-order valence-electron chi connectivity index (χ0n) is 14.7. The maximum absolute atomic E-state index is 6.54. The number of hydrogen-bond donors (Lipinski definition) is 1. The van der Waals surface area contributed by atoms with Crippen molar-refractivity contribution >= 4 is 28.2 Å². The Kier molecular flexibility index (Phi) is 5.45. The van der Waals surface area contributed by atoms with Crippen molar-refractivity contribution in [1.29, 1.82) is 0 Å². The Hall–Kier alpha value is -2.31. The normalized spacial score (nSPS) is 11.9. The van der Waals surface area contributed by atoms with Crippen LogP contribution >= 0.6 is 9.95 Å². The van der Waals surface area contributed by atoms with Crippen molar-refractivity contribution in [2.24, 2.45) is 4.65 Å². The Labute approximate surface area is 169 Å². The van der Waals surface area contributed by atoms with E-state index in [-0.39, 0.29) is 0 Å². The summed E-state index contributed by atoms with van der Waals surface area (Å²) in [6, 6.07) is 35.7. The Bertz CT molecular complexity index is 1030. The van der Waals surface area contributed by atoms with Gasteiger partial charge in [0.25, 0.3) is 0 Å². The second-order valence-corrected chi connectivity index (χ2v) is 10.5. The second kappa shape index (κ2) is 8.15. The standard InChI is InChI=1S/C24H19AsClN/c26-25(27)22-17-16-21(18-10-4-1-5-11-18)23(19-12-6-2-7-13-19)24(22)20-14-8-3-9-15-20/h1-17H,27H2. The molecular formula is C24H19AsClN. The van der Waals surface area contributed by atoms with E-state index in [1.807, 2.05) is 18.2 Å². The van der Waals surface area contributed by atoms with Gasteiger partial charge in [-0.3, -0.25) is 0 Å². The summed E-state index contributed by atoms with van der Waals surface area (Å²) in [6.45, 7) is 0. The van der Waals surface area contributed by atoms with Crippen LogP contribution in [-0.2, 0) is 0 Å². The Balaban J connectivity index is 2.11. The van der Waals surface area contributed by atoms with E-state index >= 15 is 0 Å². The van der Waals surface area contributed by atoms with Gasteiger partial charge in [0, 0.05) is 0 Å². The van der Waals surface area contributed by atoms with E-state index < -0.39 is 13.9 Å². The van der Waals surface area contributed by atoms with Crippen LogP contribution < -0.4 is 9.00 Å². The van der Waals surface area contributed by atoms with Crippen molar-refractivity contribution < 1.29 is 0 Å². The predicted molar refractivity (Wildman–Crippen MR) is 118 cm³/mol. The molecule has 0 bridgehead atoms. The molecule has 1 nitrogen and oxygen atoms in total. The monoisotopic (exact) mass is 431 g/mol. The molecule has 0 amide bonds. The number of nitrogens with two attached hydrogens (primary N) is 1.